The van der Waals surface area contributed by atoms with Crippen molar-refractivity contribution in [2.45, 2.75) is 12.5 Å². The number of rotatable bonds is 2. The van der Waals surface area contributed by atoms with Gasteiger partial charge in [-0.2, -0.15) is 0 Å². The van der Waals surface area contributed by atoms with Crippen molar-refractivity contribution in [1.29, 1.82) is 0 Å². The smallest absolute Gasteiger partial charge is 0.339 e. The van der Waals surface area contributed by atoms with Crippen LogP contribution < -0.4 is 0 Å². The second-order valence-corrected chi connectivity index (χ2v) is 5.37. The molecule has 0 saturated carbocycles. The van der Waals surface area contributed by atoms with Crippen LogP contribution in [0.5, 0.6) is 0 Å². The Morgan fingerprint density at radius 2 is 1.52 bits per heavy atom. The van der Waals surface area contributed by atoms with Crippen LogP contribution in [-0.4, -0.2) is 5.97 Å². The van der Waals surface area contributed by atoms with Gasteiger partial charge in [-0.3, -0.25) is 0 Å². The molecule has 102 valence electrons. The Kier molecular flexibility index (Phi) is 2.74. The van der Waals surface area contributed by atoms with E-state index in [-0.39, 0.29) is 12.1 Å². The summed E-state index contributed by atoms with van der Waals surface area (Å²) in [5.41, 5.74) is 2.88. The van der Waals surface area contributed by atoms with Crippen molar-refractivity contribution in [2.75, 3.05) is 0 Å². The summed E-state index contributed by atoms with van der Waals surface area (Å²) in [5, 5.41) is 2.22. The van der Waals surface area contributed by atoms with E-state index in [2.05, 4.69) is 24.3 Å². The first kappa shape index (κ1) is 12.2. The van der Waals surface area contributed by atoms with Crippen LogP contribution in [0.3, 0.4) is 0 Å². The fourth-order valence-corrected chi connectivity index (χ4v) is 2.94. The molecule has 0 aromatic heterocycles. The van der Waals surface area contributed by atoms with Crippen molar-refractivity contribution < 1.29 is 9.53 Å². The van der Waals surface area contributed by atoms with Gasteiger partial charge in [-0.15, -0.1) is 0 Å². The van der Waals surface area contributed by atoms with Gasteiger partial charge in [-0.1, -0.05) is 54.6 Å². The molecular formula is C19H14O2. The molecule has 2 nitrogen and oxygen atoms in total. The SMILES string of the molecule is O=C1O[C@@H](Cc2ccccc2)c2cc3ccccc3cc21. The minimum Gasteiger partial charge on any atom is -0.454 e. The van der Waals surface area contributed by atoms with E-state index in [1.165, 1.54) is 5.56 Å². The van der Waals surface area contributed by atoms with Gasteiger partial charge in [0.25, 0.3) is 0 Å². The molecule has 0 bridgehead atoms. The Morgan fingerprint density at radius 1 is 0.857 bits per heavy atom. The zero-order valence-corrected chi connectivity index (χ0v) is 11.5. The highest BCUT2D eigenvalue weighted by Gasteiger charge is 2.31. The molecule has 4 rings (SSSR count). The maximum atomic E-state index is 12.1. The molecule has 1 heterocycles. The first-order valence-corrected chi connectivity index (χ1v) is 7.09. The van der Waals surface area contributed by atoms with Gasteiger partial charge < -0.3 is 4.74 Å². The molecule has 0 N–H and O–H groups in total. The predicted molar refractivity (Wildman–Crippen MR) is 82.3 cm³/mol. The highest BCUT2D eigenvalue weighted by Crippen LogP contribution is 2.35. The molecule has 0 fully saturated rings. The van der Waals surface area contributed by atoms with E-state index in [0.717, 1.165) is 22.8 Å². The van der Waals surface area contributed by atoms with Crippen LogP contribution in [0.4, 0.5) is 0 Å². The normalized spacial score (nSPS) is 16.8. The third-order valence-corrected chi connectivity index (χ3v) is 4.00. The number of carbonyl (C=O) groups excluding carboxylic acids is 1. The minimum absolute atomic E-state index is 0.181. The van der Waals surface area contributed by atoms with Crippen molar-refractivity contribution in [2.24, 2.45) is 0 Å². The molecule has 1 aliphatic rings. The number of esters is 1. The molecule has 3 aromatic rings. The lowest BCUT2D eigenvalue weighted by atomic mass is 9.96. The topological polar surface area (TPSA) is 26.3 Å². The third kappa shape index (κ3) is 2.09. The Balaban J connectivity index is 1.78. The fraction of sp³-hybridized carbons (Fsp3) is 0.105. The van der Waals surface area contributed by atoms with Crippen molar-refractivity contribution in [3.8, 4) is 0 Å². The molecule has 0 saturated heterocycles. The zero-order chi connectivity index (χ0) is 14.2. The average Bonchev–Trinajstić information content (AvgIpc) is 2.82. The Bertz CT molecular complexity index is 821. The Labute approximate surface area is 123 Å². The summed E-state index contributed by atoms with van der Waals surface area (Å²) in [5.74, 6) is -0.211. The lowest BCUT2D eigenvalue weighted by Gasteiger charge is -2.11. The maximum Gasteiger partial charge on any atom is 0.339 e. The Hall–Kier alpha value is -2.61. The van der Waals surface area contributed by atoms with Crippen LogP contribution >= 0.6 is 0 Å². The largest absolute Gasteiger partial charge is 0.454 e. The number of cyclic esters (lactones) is 1. The van der Waals surface area contributed by atoms with Crippen LogP contribution in [0, 0.1) is 0 Å². The Morgan fingerprint density at radius 3 is 2.29 bits per heavy atom. The molecule has 1 atom stereocenters. The summed E-state index contributed by atoms with van der Waals surface area (Å²) >= 11 is 0. The molecule has 21 heavy (non-hydrogen) atoms. The quantitative estimate of drug-likeness (QED) is 0.651. The average molecular weight is 274 g/mol. The molecule has 2 heteroatoms. The predicted octanol–water partition coefficient (Wildman–Crippen LogP) is 4.29. The van der Waals surface area contributed by atoms with Gasteiger partial charge in [0.15, 0.2) is 0 Å². The van der Waals surface area contributed by atoms with Gasteiger partial charge >= 0.3 is 5.97 Å². The van der Waals surface area contributed by atoms with Crippen LogP contribution in [0.2, 0.25) is 0 Å². The lowest BCUT2D eigenvalue weighted by molar-refractivity contribution is 0.0387. The minimum atomic E-state index is -0.211. The first-order valence-electron chi connectivity index (χ1n) is 7.09. The van der Waals surface area contributed by atoms with Crippen LogP contribution in [0.15, 0.2) is 66.7 Å². The molecular weight excluding hydrogens is 260 g/mol. The lowest BCUT2D eigenvalue weighted by Crippen LogP contribution is -2.02. The van der Waals surface area contributed by atoms with Crippen LogP contribution in [0.1, 0.15) is 27.6 Å². The van der Waals surface area contributed by atoms with Gasteiger partial charge in [0, 0.05) is 12.0 Å². The standard InChI is InChI=1S/C19H14O2/c20-19-17-12-15-9-5-4-8-14(15)11-16(17)18(21-19)10-13-6-2-1-3-7-13/h1-9,11-12,18H,10H2/t18-/m0/s1. The fourth-order valence-electron chi connectivity index (χ4n) is 2.94. The number of hydrogen-bond donors (Lipinski definition) is 0. The van der Waals surface area contributed by atoms with Crippen molar-refractivity contribution in [3.05, 3.63) is 83.4 Å². The monoisotopic (exact) mass is 274 g/mol. The van der Waals surface area contributed by atoms with E-state index in [1.54, 1.807) is 0 Å². The van der Waals surface area contributed by atoms with Gasteiger partial charge in [-0.05, 0) is 28.5 Å². The summed E-state index contributed by atoms with van der Waals surface area (Å²) in [6.45, 7) is 0. The molecule has 0 spiro atoms. The first-order chi connectivity index (χ1) is 10.3. The van der Waals surface area contributed by atoms with E-state index >= 15 is 0 Å². The van der Waals surface area contributed by atoms with Crippen LogP contribution in [-0.2, 0) is 11.2 Å². The third-order valence-electron chi connectivity index (χ3n) is 4.00. The summed E-state index contributed by atoms with van der Waals surface area (Å²) in [7, 11) is 0. The van der Waals surface area contributed by atoms with E-state index < -0.39 is 0 Å². The molecule has 0 unspecified atom stereocenters. The van der Waals surface area contributed by atoms with E-state index in [1.807, 2.05) is 42.5 Å². The molecule has 1 aliphatic heterocycles. The second kappa shape index (κ2) is 4.74. The van der Waals surface area contributed by atoms with E-state index in [4.69, 9.17) is 4.74 Å². The van der Waals surface area contributed by atoms with Gasteiger partial charge in [0.1, 0.15) is 6.10 Å². The molecule has 0 aliphatic carbocycles. The summed E-state index contributed by atoms with van der Waals surface area (Å²) in [4.78, 5) is 12.1. The van der Waals surface area contributed by atoms with Crippen molar-refractivity contribution in [1.82, 2.24) is 0 Å². The summed E-state index contributed by atoms with van der Waals surface area (Å²) in [6, 6.07) is 22.2. The molecule has 0 amide bonds. The zero-order valence-electron chi connectivity index (χ0n) is 11.5. The second-order valence-electron chi connectivity index (χ2n) is 5.37. The summed E-state index contributed by atoms with van der Waals surface area (Å²) < 4.78 is 5.57. The van der Waals surface area contributed by atoms with Gasteiger partial charge in [0.2, 0.25) is 0 Å². The number of ether oxygens (including phenoxy) is 1. The van der Waals surface area contributed by atoms with Crippen LogP contribution in [0.25, 0.3) is 10.8 Å². The number of benzene rings is 3. The highest BCUT2D eigenvalue weighted by atomic mass is 16.5. The number of fused-ring (bicyclic) bond motifs is 2. The van der Waals surface area contributed by atoms with Gasteiger partial charge in [0.05, 0.1) is 5.56 Å². The molecule has 3 aromatic carbocycles. The number of hydrogen-bond acceptors (Lipinski definition) is 2. The van der Waals surface area contributed by atoms with E-state index in [9.17, 15) is 4.79 Å². The van der Waals surface area contributed by atoms with E-state index in [0.29, 0.717) is 5.56 Å². The summed E-state index contributed by atoms with van der Waals surface area (Å²) in [6.07, 6.45) is 0.539. The number of carbonyl (C=O) groups is 1. The van der Waals surface area contributed by atoms with Crippen molar-refractivity contribution in [3.63, 3.8) is 0 Å². The highest BCUT2D eigenvalue weighted by molar-refractivity contribution is 5.99. The molecule has 0 radical (unpaired) electrons. The van der Waals surface area contributed by atoms with Crippen molar-refractivity contribution >= 4 is 16.7 Å². The maximum absolute atomic E-state index is 12.1. The van der Waals surface area contributed by atoms with Gasteiger partial charge in [-0.25, -0.2) is 4.79 Å².